The average Bonchev–Trinajstić information content (AvgIpc) is 2.53. The maximum absolute atomic E-state index is 12.3. The number of carbonyl (C=O) groups is 1. The van der Waals surface area contributed by atoms with E-state index in [1.165, 1.54) is 0 Å². The zero-order valence-corrected chi connectivity index (χ0v) is 16.1. The minimum atomic E-state index is -0.466. The molecule has 0 bridgehead atoms. The van der Waals surface area contributed by atoms with Gasteiger partial charge in [-0.15, -0.1) is 11.8 Å². The topological polar surface area (TPSA) is 58.6 Å². The number of carbonyl (C=O) groups excluding carboxylic acids is 1. The van der Waals surface area contributed by atoms with E-state index in [0.717, 1.165) is 43.2 Å². The van der Waals surface area contributed by atoms with Crippen LogP contribution in [0, 0.1) is 0 Å². The molecule has 1 aliphatic heterocycles. The van der Waals surface area contributed by atoms with Crippen molar-refractivity contribution in [2.45, 2.75) is 56.8 Å². The zero-order valence-electron chi connectivity index (χ0n) is 15.3. The second kappa shape index (κ2) is 8.16. The predicted octanol–water partition coefficient (Wildman–Crippen LogP) is 3.03. The van der Waals surface area contributed by atoms with E-state index >= 15 is 0 Å². The number of aromatic nitrogens is 2. The Morgan fingerprint density at radius 3 is 2.79 bits per heavy atom. The lowest BCUT2D eigenvalue weighted by atomic mass is 10.0. The van der Waals surface area contributed by atoms with Crippen molar-refractivity contribution >= 4 is 17.9 Å². The van der Waals surface area contributed by atoms with Crippen LogP contribution < -0.4 is 0 Å². The highest BCUT2D eigenvalue weighted by Crippen LogP contribution is 2.21. The van der Waals surface area contributed by atoms with Crippen LogP contribution in [0.4, 0.5) is 4.79 Å². The van der Waals surface area contributed by atoms with Gasteiger partial charge in [-0.25, -0.2) is 9.78 Å². The minimum Gasteiger partial charge on any atom is -0.444 e. The van der Waals surface area contributed by atoms with Crippen molar-refractivity contribution in [1.29, 1.82) is 0 Å². The third-order valence-corrected chi connectivity index (χ3v) is 4.74. The second-order valence-corrected chi connectivity index (χ2v) is 7.93. The molecule has 1 saturated heterocycles. The Labute approximate surface area is 149 Å². The van der Waals surface area contributed by atoms with Gasteiger partial charge in [0.05, 0.1) is 5.69 Å². The lowest BCUT2D eigenvalue weighted by molar-refractivity contribution is 0.0128. The second-order valence-electron chi connectivity index (χ2n) is 7.13. The monoisotopic (exact) mass is 352 g/mol. The van der Waals surface area contributed by atoms with Crippen LogP contribution in [0.3, 0.4) is 0 Å². The van der Waals surface area contributed by atoms with Crippen LogP contribution in [0.2, 0.25) is 0 Å². The molecule has 6 nitrogen and oxygen atoms in total. The van der Waals surface area contributed by atoms with Gasteiger partial charge in [0, 0.05) is 38.6 Å². The summed E-state index contributed by atoms with van der Waals surface area (Å²) < 4.78 is 5.49. The standard InChI is InChI=1S/C17H28N4O2S/c1-17(2,3)23-16(22)20(4)13-7-6-10-21(11-13)12-14-15(24-5)19-9-8-18-14/h8-9,13H,6-7,10-12H2,1-5H3. The molecule has 134 valence electrons. The summed E-state index contributed by atoms with van der Waals surface area (Å²) in [6, 6.07) is 0.169. The number of amides is 1. The Morgan fingerprint density at radius 2 is 2.12 bits per heavy atom. The minimum absolute atomic E-state index is 0.169. The number of hydrogen-bond donors (Lipinski definition) is 0. The van der Waals surface area contributed by atoms with Crippen LogP contribution in [-0.2, 0) is 11.3 Å². The number of likely N-dealkylation sites (N-methyl/N-ethyl adjacent to an activating group) is 1. The van der Waals surface area contributed by atoms with Gasteiger partial charge in [-0.3, -0.25) is 9.88 Å². The predicted molar refractivity (Wildman–Crippen MR) is 96.1 cm³/mol. The Morgan fingerprint density at radius 1 is 1.42 bits per heavy atom. The van der Waals surface area contributed by atoms with Gasteiger partial charge >= 0.3 is 6.09 Å². The fourth-order valence-electron chi connectivity index (χ4n) is 2.82. The van der Waals surface area contributed by atoms with E-state index in [1.807, 2.05) is 34.1 Å². The van der Waals surface area contributed by atoms with Crippen LogP contribution in [0.1, 0.15) is 39.3 Å². The SMILES string of the molecule is CSc1nccnc1CN1CCCC(N(C)C(=O)OC(C)(C)C)C1. The fraction of sp³-hybridized carbons (Fsp3) is 0.706. The molecule has 0 aliphatic carbocycles. The van der Waals surface area contributed by atoms with Crippen LogP contribution >= 0.6 is 11.8 Å². The van der Waals surface area contributed by atoms with Crippen molar-refractivity contribution < 1.29 is 9.53 Å². The molecule has 1 aliphatic rings. The summed E-state index contributed by atoms with van der Waals surface area (Å²) in [6.07, 6.45) is 7.30. The number of nitrogens with zero attached hydrogens (tertiary/aromatic N) is 4. The van der Waals surface area contributed by atoms with Gasteiger partial charge in [0.25, 0.3) is 0 Å². The molecule has 24 heavy (non-hydrogen) atoms. The van der Waals surface area contributed by atoms with Gasteiger partial charge in [0.15, 0.2) is 0 Å². The van der Waals surface area contributed by atoms with Crippen molar-refractivity contribution in [3.8, 4) is 0 Å². The smallest absolute Gasteiger partial charge is 0.410 e. The first-order chi connectivity index (χ1) is 11.3. The maximum atomic E-state index is 12.3. The molecule has 1 unspecified atom stereocenters. The van der Waals surface area contributed by atoms with Crippen LogP contribution in [0.15, 0.2) is 17.4 Å². The Kier molecular flexibility index (Phi) is 6.46. The summed E-state index contributed by atoms with van der Waals surface area (Å²) in [4.78, 5) is 25.2. The Balaban J connectivity index is 1.97. The van der Waals surface area contributed by atoms with E-state index in [0.29, 0.717) is 0 Å². The summed E-state index contributed by atoms with van der Waals surface area (Å²) in [5.74, 6) is 0. The summed E-state index contributed by atoms with van der Waals surface area (Å²) >= 11 is 1.62. The van der Waals surface area contributed by atoms with E-state index in [1.54, 1.807) is 29.1 Å². The summed E-state index contributed by atoms with van der Waals surface area (Å²) in [7, 11) is 1.83. The molecule has 7 heteroatoms. The summed E-state index contributed by atoms with van der Waals surface area (Å²) in [6.45, 7) is 8.30. The van der Waals surface area contributed by atoms with E-state index in [-0.39, 0.29) is 12.1 Å². The van der Waals surface area contributed by atoms with E-state index in [2.05, 4.69) is 14.9 Å². The van der Waals surface area contributed by atoms with E-state index < -0.39 is 5.60 Å². The fourth-order valence-corrected chi connectivity index (χ4v) is 3.34. The number of hydrogen-bond acceptors (Lipinski definition) is 6. The molecule has 0 saturated carbocycles. The van der Waals surface area contributed by atoms with Gasteiger partial charge in [0.2, 0.25) is 0 Å². The van der Waals surface area contributed by atoms with Crippen molar-refractivity contribution in [2.75, 3.05) is 26.4 Å². The van der Waals surface area contributed by atoms with Gasteiger partial charge in [0.1, 0.15) is 10.6 Å². The Bertz CT molecular complexity index is 562. The Hall–Kier alpha value is -1.34. The molecule has 1 atom stereocenters. The summed E-state index contributed by atoms with van der Waals surface area (Å²) in [5.41, 5.74) is 0.539. The van der Waals surface area contributed by atoms with E-state index in [4.69, 9.17) is 4.74 Å². The van der Waals surface area contributed by atoms with E-state index in [9.17, 15) is 4.79 Å². The number of ether oxygens (including phenoxy) is 1. The van der Waals surface area contributed by atoms with Gasteiger partial charge in [-0.05, 0) is 46.4 Å². The number of likely N-dealkylation sites (tertiary alicyclic amines) is 1. The molecule has 2 rings (SSSR count). The number of thioether (sulfide) groups is 1. The molecule has 1 aromatic heterocycles. The molecule has 1 fully saturated rings. The molecule has 0 spiro atoms. The van der Waals surface area contributed by atoms with Gasteiger partial charge in [-0.1, -0.05) is 0 Å². The molecule has 1 aromatic rings. The lowest BCUT2D eigenvalue weighted by Gasteiger charge is -2.38. The summed E-state index contributed by atoms with van der Waals surface area (Å²) in [5, 5.41) is 0.972. The average molecular weight is 353 g/mol. The molecule has 0 N–H and O–H groups in total. The molecule has 2 heterocycles. The van der Waals surface area contributed by atoms with Crippen molar-refractivity contribution in [3.63, 3.8) is 0 Å². The lowest BCUT2D eigenvalue weighted by Crippen LogP contribution is -2.49. The maximum Gasteiger partial charge on any atom is 0.410 e. The molecule has 0 aromatic carbocycles. The third-order valence-electron chi connectivity index (χ3n) is 4.01. The highest BCUT2D eigenvalue weighted by Gasteiger charge is 2.29. The van der Waals surface area contributed by atoms with Gasteiger partial charge < -0.3 is 9.64 Å². The number of rotatable bonds is 4. The van der Waals surface area contributed by atoms with Crippen molar-refractivity contribution in [1.82, 2.24) is 19.8 Å². The zero-order chi connectivity index (χ0) is 17.7. The highest BCUT2D eigenvalue weighted by molar-refractivity contribution is 7.98. The molecule has 1 amide bonds. The van der Waals surface area contributed by atoms with Crippen molar-refractivity contribution in [3.05, 3.63) is 18.1 Å². The van der Waals surface area contributed by atoms with Crippen LogP contribution in [-0.4, -0.2) is 63.9 Å². The van der Waals surface area contributed by atoms with Gasteiger partial charge in [-0.2, -0.15) is 0 Å². The third kappa shape index (κ3) is 5.34. The van der Waals surface area contributed by atoms with Crippen LogP contribution in [0.25, 0.3) is 0 Å². The van der Waals surface area contributed by atoms with Crippen LogP contribution in [0.5, 0.6) is 0 Å². The first kappa shape index (κ1) is 19.0. The first-order valence-electron chi connectivity index (χ1n) is 8.32. The molecule has 0 radical (unpaired) electrons. The molecular formula is C17H28N4O2S. The normalized spacial score (nSPS) is 19.1. The number of piperidine rings is 1. The largest absolute Gasteiger partial charge is 0.444 e. The van der Waals surface area contributed by atoms with Crippen molar-refractivity contribution in [2.24, 2.45) is 0 Å². The first-order valence-corrected chi connectivity index (χ1v) is 9.54. The molecular weight excluding hydrogens is 324 g/mol. The highest BCUT2D eigenvalue weighted by atomic mass is 32.2. The quantitative estimate of drug-likeness (QED) is 0.776.